The van der Waals surface area contributed by atoms with Gasteiger partial charge < -0.3 is 5.11 Å². The number of aliphatic hydroxyl groups excluding tert-OH is 1. The molecule has 0 heterocycles. The maximum absolute atomic E-state index is 9.56. The van der Waals surface area contributed by atoms with Gasteiger partial charge in [0.05, 0.1) is 0 Å². The summed E-state index contributed by atoms with van der Waals surface area (Å²) < 4.78 is 0. The Morgan fingerprint density at radius 1 is 1.83 bits per heavy atom. The molecule has 0 atom stereocenters. The van der Waals surface area contributed by atoms with Gasteiger partial charge in [0.25, 0.3) is 0 Å². The van der Waals surface area contributed by atoms with Crippen molar-refractivity contribution in [2.45, 2.75) is 14.4 Å². The van der Waals surface area contributed by atoms with Crippen LogP contribution >= 0.6 is 0 Å². The number of Topliss-reactive ketones (excluding diaryl/α,β-unsaturated/α-hetero) is 1. The molecule has 6 heavy (non-hydrogen) atoms. The van der Waals surface area contributed by atoms with E-state index in [0.717, 1.165) is 0 Å². The van der Waals surface area contributed by atoms with E-state index in [2.05, 4.69) is 0 Å². The van der Waals surface area contributed by atoms with Gasteiger partial charge in [-0.2, -0.15) is 0 Å². The first kappa shape index (κ1) is 9.16. The minimum Gasteiger partial charge on any atom is -0.389 e. The van der Waals surface area contributed by atoms with Crippen LogP contribution in [0.25, 0.3) is 0 Å². The first-order valence-corrected chi connectivity index (χ1v) is 1.37. The maximum Gasteiger partial charge on any atom is 0.155 e. The van der Waals surface area contributed by atoms with Gasteiger partial charge in [0.15, 0.2) is 5.78 Å². The van der Waals surface area contributed by atoms with Crippen molar-refractivity contribution in [2.75, 3.05) is 6.61 Å². The van der Waals surface area contributed by atoms with E-state index in [1.54, 1.807) is 0 Å². The third-order valence-corrected chi connectivity index (χ3v) is 0.223. The quantitative estimate of drug-likeness (QED) is 0.499. The fourth-order valence-electron chi connectivity index (χ4n) is 0. The molecule has 0 aliphatic heterocycles. The Morgan fingerprint density at radius 3 is 2.00 bits per heavy atom. The number of carbonyl (C=O) groups is 1. The summed E-state index contributed by atoms with van der Waals surface area (Å²) in [6.45, 7) is 1.000. The van der Waals surface area contributed by atoms with Gasteiger partial charge in [-0.05, 0) is 6.92 Å². The van der Waals surface area contributed by atoms with Crippen molar-refractivity contribution in [1.82, 2.24) is 0 Å². The molecular formula is C4H10O2. The minimum absolute atomic E-state index is 0. The molecule has 1 N–H and O–H groups in total. The Kier molecular flexibility index (Phi) is 7.07. The molecule has 0 saturated carbocycles. The zero-order valence-corrected chi connectivity index (χ0v) is 3.06. The van der Waals surface area contributed by atoms with Crippen molar-refractivity contribution < 1.29 is 9.90 Å². The van der Waals surface area contributed by atoms with E-state index in [9.17, 15) is 4.79 Å². The van der Waals surface area contributed by atoms with Crippen LogP contribution < -0.4 is 0 Å². The molecule has 0 unspecified atom stereocenters. The van der Waals surface area contributed by atoms with Crippen LogP contribution in [-0.4, -0.2) is 17.5 Å². The van der Waals surface area contributed by atoms with Crippen molar-refractivity contribution in [1.29, 1.82) is 0 Å². The zero-order chi connectivity index (χ0) is 4.28. The largest absolute Gasteiger partial charge is 0.389 e. The monoisotopic (exact) mass is 90.1 g/mol. The number of carbonyl (C=O) groups excluding carboxylic acids is 1. The maximum atomic E-state index is 9.56. The van der Waals surface area contributed by atoms with Crippen molar-refractivity contribution in [3.63, 3.8) is 0 Å². The molecule has 0 aliphatic rings. The van der Waals surface area contributed by atoms with Crippen molar-refractivity contribution in [2.24, 2.45) is 0 Å². The van der Waals surface area contributed by atoms with E-state index in [-0.39, 0.29) is 19.8 Å². The predicted molar refractivity (Wildman–Crippen MR) is 24.5 cm³/mol. The molecule has 0 bridgehead atoms. The Labute approximate surface area is 37.8 Å². The summed E-state index contributed by atoms with van der Waals surface area (Å²) in [7, 11) is 0. The number of ketones is 1. The first-order valence-electron chi connectivity index (χ1n) is 1.37. The Bertz CT molecular complexity index is 40.8. The number of rotatable bonds is 1. The molecule has 2 heteroatoms. The summed E-state index contributed by atoms with van der Waals surface area (Å²) in [5, 5.41) is 7.79. The standard InChI is InChI=1S/C3H6O2.CH4/c1-3(5)2-4;/h4H,2H2,1H3;1H4. The van der Waals surface area contributed by atoms with Crippen LogP contribution in [0, 0.1) is 0 Å². The predicted octanol–water partition coefficient (Wildman–Crippen LogP) is 0.204. The summed E-state index contributed by atoms with van der Waals surface area (Å²) in [6.07, 6.45) is 0. The van der Waals surface area contributed by atoms with E-state index in [1.807, 2.05) is 0 Å². The second kappa shape index (κ2) is 4.63. The Hall–Kier alpha value is -0.370. The highest BCUT2D eigenvalue weighted by Crippen LogP contribution is 1.55. The lowest BCUT2D eigenvalue weighted by Gasteiger charge is -1.72. The Morgan fingerprint density at radius 2 is 2.00 bits per heavy atom. The van der Waals surface area contributed by atoms with Crippen molar-refractivity contribution >= 4 is 5.78 Å². The molecule has 0 spiro atoms. The molecule has 0 amide bonds. The summed E-state index contributed by atoms with van der Waals surface area (Å²) in [5.41, 5.74) is 0. The van der Waals surface area contributed by atoms with E-state index in [1.165, 1.54) is 6.92 Å². The third-order valence-electron chi connectivity index (χ3n) is 0.223. The molecule has 0 radical (unpaired) electrons. The molecule has 0 aliphatic carbocycles. The highest BCUT2D eigenvalue weighted by molar-refractivity contribution is 5.76. The van der Waals surface area contributed by atoms with E-state index in [4.69, 9.17) is 5.11 Å². The normalized spacial score (nSPS) is 6.33. The van der Waals surface area contributed by atoms with Gasteiger partial charge in [0.1, 0.15) is 6.61 Å². The van der Waals surface area contributed by atoms with Crippen LogP contribution in [0.1, 0.15) is 14.4 Å². The topological polar surface area (TPSA) is 37.3 Å². The van der Waals surface area contributed by atoms with Gasteiger partial charge in [-0.3, -0.25) is 4.79 Å². The van der Waals surface area contributed by atoms with Crippen LogP contribution in [0.4, 0.5) is 0 Å². The summed E-state index contributed by atoms with van der Waals surface area (Å²) >= 11 is 0. The lowest BCUT2D eigenvalue weighted by atomic mass is 10.5. The molecule has 0 saturated heterocycles. The second-order valence-corrected chi connectivity index (χ2v) is 0.860. The van der Waals surface area contributed by atoms with Crippen LogP contribution in [0.15, 0.2) is 0 Å². The fraction of sp³-hybridized carbons (Fsp3) is 0.750. The van der Waals surface area contributed by atoms with Gasteiger partial charge in [0.2, 0.25) is 0 Å². The number of hydrogen-bond donors (Lipinski definition) is 1. The summed E-state index contributed by atoms with van der Waals surface area (Å²) in [4.78, 5) is 9.56. The first-order chi connectivity index (χ1) is 2.27. The fourth-order valence-corrected chi connectivity index (χ4v) is 0. The lowest BCUT2D eigenvalue weighted by molar-refractivity contribution is -0.119. The highest BCUT2D eigenvalue weighted by Gasteiger charge is 1.78. The van der Waals surface area contributed by atoms with Gasteiger partial charge in [-0.15, -0.1) is 0 Å². The molecular weight excluding hydrogens is 80.0 g/mol. The van der Waals surface area contributed by atoms with Gasteiger partial charge in [-0.25, -0.2) is 0 Å². The average Bonchev–Trinajstić information content (AvgIpc) is 1.38. The third kappa shape index (κ3) is 9.45. The lowest BCUT2D eigenvalue weighted by Crippen LogP contribution is -1.93. The van der Waals surface area contributed by atoms with Crippen molar-refractivity contribution in [3.05, 3.63) is 0 Å². The molecule has 0 aromatic carbocycles. The molecule has 38 valence electrons. The van der Waals surface area contributed by atoms with Crippen molar-refractivity contribution in [3.8, 4) is 0 Å². The SMILES string of the molecule is C.CC(=O)CO. The summed E-state index contributed by atoms with van der Waals surface area (Å²) in [5.74, 6) is -0.190. The molecule has 2 nitrogen and oxygen atoms in total. The zero-order valence-electron chi connectivity index (χ0n) is 3.06. The van der Waals surface area contributed by atoms with E-state index in [0.29, 0.717) is 0 Å². The van der Waals surface area contributed by atoms with Gasteiger partial charge in [0, 0.05) is 0 Å². The second-order valence-electron chi connectivity index (χ2n) is 0.860. The molecule has 0 aromatic heterocycles. The van der Waals surface area contributed by atoms with Crippen LogP contribution in [0.3, 0.4) is 0 Å². The van der Waals surface area contributed by atoms with Crippen LogP contribution in [-0.2, 0) is 4.79 Å². The molecule has 0 aromatic rings. The smallest absolute Gasteiger partial charge is 0.155 e. The average molecular weight is 90.1 g/mol. The van der Waals surface area contributed by atoms with E-state index >= 15 is 0 Å². The minimum atomic E-state index is -0.333. The van der Waals surface area contributed by atoms with E-state index < -0.39 is 0 Å². The number of aliphatic hydroxyl groups is 1. The molecule has 0 fully saturated rings. The van der Waals surface area contributed by atoms with Gasteiger partial charge >= 0.3 is 0 Å². The molecule has 0 rings (SSSR count). The Balaban J connectivity index is 0. The van der Waals surface area contributed by atoms with Crippen LogP contribution in [0.5, 0.6) is 0 Å². The summed E-state index contributed by atoms with van der Waals surface area (Å²) in [6, 6.07) is 0. The van der Waals surface area contributed by atoms with Crippen LogP contribution in [0.2, 0.25) is 0 Å². The van der Waals surface area contributed by atoms with Gasteiger partial charge in [-0.1, -0.05) is 7.43 Å². The highest BCUT2D eigenvalue weighted by atomic mass is 16.3. The number of hydrogen-bond acceptors (Lipinski definition) is 2.